The van der Waals surface area contributed by atoms with E-state index in [0.29, 0.717) is 24.4 Å². The summed E-state index contributed by atoms with van der Waals surface area (Å²) in [5.41, 5.74) is 3.97. The molecule has 0 aliphatic carbocycles. The second-order valence-electron chi connectivity index (χ2n) is 6.63. The van der Waals surface area contributed by atoms with E-state index in [9.17, 15) is 8.42 Å². The molecule has 0 radical (unpaired) electrons. The van der Waals surface area contributed by atoms with Crippen LogP contribution in [0.4, 0.5) is 0 Å². The molecule has 1 aromatic carbocycles. The number of benzene rings is 1. The fraction of sp³-hybridized carbons (Fsp3) is 0.364. The largest absolute Gasteiger partial charge is 0.494 e. The Labute approximate surface area is 173 Å². The summed E-state index contributed by atoms with van der Waals surface area (Å²) in [7, 11) is -3.41. The molecule has 0 saturated heterocycles. The van der Waals surface area contributed by atoms with Gasteiger partial charge >= 0.3 is 0 Å². The minimum Gasteiger partial charge on any atom is -0.494 e. The van der Waals surface area contributed by atoms with Gasteiger partial charge in [-0.15, -0.1) is 0 Å². The third-order valence-electron chi connectivity index (χ3n) is 4.25. The summed E-state index contributed by atoms with van der Waals surface area (Å²) in [4.78, 5) is 4.56. The van der Waals surface area contributed by atoms with Gasteiger partial charge in [0.15, 0.2) is 9.84 Å². The Morgan fingerprint density at radius 2 is 1.90 bits per heavy atom. The molecule has 0 fully saturated rings. The van der Waals surface area contributed by atoms with E-state index in [1.807, 2.05) is 52.9 Å². The van der Waals surface area contributed by atoms with Crippen molar-refractivity contribution in [2.75, 3.05) is 12.9 Å². The number of aryl methyl sites for hydroxylation is 2. The topological polar surface area (TPSA) is 74.1 Å². The van der Waals surface area contributed by atoms with E-state index in [1.54, 1.807) is 16.9 Å². The van der Waals surface area contributed by atoms with E-state index in [2.05, 4.69) is 16.7 Å². The number of pyridine rings is 1. The molecular weight excluding hydrogens is 386 g/mol. The zero-order chi connectivity index (χ0) is 21.8. The average Bonchev–Trinajstić information content (AvgIpc) is 3.02. The van der Waals surface area contributed by atoms with Crippen LogP contribution >= 0.6 is 0 Å². The third-order valence-corrected chi connectivity index (χ3v) is 5.36. The van der Waals surface area contributed by atoms with Gasteiger partial charge in [-0.2, -0.15) is 5.10 Å². The molecule has 7 heteroatoms. The summed E-state index contributed by atoms with van der Waals surface area (Å²) in [5, 5.41) is 5.31. The van der Waals surface area contributed by atoms with E-state index in [-0.39, 0.29) is 4.90 Å². The zero-order valence-corrected chi connectivity index (χ0v) is 18.8. The van der Waals surface area contributed by atoms with Gasteiger partial charge in [0.2, 0.25) is 0 Å². The first-order valence-electron chi connectivity index (χ1n) is 9.64. The highest BCUT2D eigenvalue weighted by atomic mass is 32.2. The van der Waals surface area contributed by atoms with Crippen molar-refractivity contribution in [3.05, 3.63) is 59.6 Å². The molecule has 0 spiro atoms. The zero-order valence-electron chi connectivity index (χ0n) is 18.0. The van der Waals surface area contributed by atoms with Gasteiger partial charge in [0.05, 0.1) is 34.8 Å². The first kappa shape index (κ1) is 22.6. The Morgan fingerprint density at radius 3 is 2.52 bits per heavy atom. The fourth-order valence-electron chi connectivity index (χ4n) is 3.07. The number of ether oxygens (including phenoxy) is 1. The van der Waals surface area contributed by atoms with Crippen molar-refractivity contribution in [2.45, 2.75) is 46.1 Å². The van der Waals surface area contributed by atoms with Crippen molar-refractivity contribution in [3.63, 3.8) is 0 Å². The maximum absolute atomic E-state index is 12.3. The van der Waals surface area contributed by atoms with Crippen LogP contribution in [-0.4, -0.2) is 36.0 Å². The SMILES string of the molecule is C=C(OCC)c1cn(Cc2cc(S(C)(=O)=O)c3ncc(C)cc3c2)nc1C.CC. The Morgan fingerprint density at radius 1 is 1.21 bits per heavy atom. The monoisotopic (exact) mass is 415 g/mol. The lowest BCUT2D eigenvalue weighted by Gasteiger charge is -2.09. The molecule has 0 aliphatic heterocycles. The summed E-state index contributed by atoms with van der Waals surface area (Å²) in [5.74, 6) is 0.580. The van der Waals surface area contributed by atoms with Crippen LogP contribution in [0.1, 0.15) is 43.2 Å². The van der Waals surface area contributed by atoms with E-state index in [4.69, 9.17) is 4.74 Å². The molecule has 3 rings (SSSR count). The highest BCUT2D eigenvalue weighted by Gasteiger charge is 2.16. The van der Waals surface area contributed by atoms with E-state index >= 15 is 0 Å². The lowest BCUT2D eigenvalue weighted by molar-refractivity contribution is 0.299. The number of sulfone groups is 1. The van der Waals surface area contributed by atoms with Gasteiger partial charge in [-0.1, -0.05) is 20.4 Å². The number of fused-ring (bicyclic) bond motifs is 1. The van der Waals surface area contributed by atoms with Gasteiger partial charge in [-0.05, 0) is 50.1 Å². The maximum Gasteiger partial charge on any atom is 0.177 e. The molecule has 0 amide bonds. The standard InChI is InChI=1S/C20H23N3O3S.C2H6/c1-6-26-15(4)18-12-23(22-14(18)3)11-16-8-17-7-13(2)10-21-20(17)19(9-16)27(5,24)25;1-2/h7-10,12H,4,6,11H2,1-3,5H3;1-2H3. The van der Waals surface area contributed by atoms with Crippen LogP contribution in [0.2, 0.25) is 0 Å². The highest BCUT2D eigenvalue weighted by molar-refractivity contribution is 7.91. The second-order valence-corrected chi connectivity index (χ2v) is 8.62. The molecule has 6 nitrogen and oxygen atoms in total. The maximum atomic E-state index is 12.3. The Hall–Kier alpha value is -2.67. The molecule has 0 atom stereocenters. The van der Waals surface area contributed by atoms with Crippen molar-refractivity contribution in [2.24, 2.45) is 0 Å². The second kappa shape index (κ2) is 9.22. The fourth-order valence-corrected chi connectivity index (χ4v) is 3.96. The lowest BCUT2D eigenvalue weighted by atomic mass is 10.1. The summed E-state index contributed by atoms with van der Waals surface area (Å²) in [6, 6.07) is 5.57. The molecule has 0 aliphatic rings. The van der Waals surface area contributed by atoms with Crippen LogP contribution in [0.5, 0.6) is 0 Å². The average molecular weight is 416 g/mol. The summed E-state index contributed by atoms with van der Waals surface area (Å²) in [6.07, 6.45) is 4.75. The van der Waals surface area contributed by atoms with Crippen LogP contribution < -0.4 is 0 Å². The lowest BCUT2D eigenvalue weighted by Crippen LogP contribution is -2.05. The number of hydrogen-bond acceptors (Lipinski definition) is 5. The summed E-state index contributed by atoms with van der Waals surface area (Å²) >= 11 is 0. The molecule has 0 N–H and O–H groups in total. The number of rotatable bonds is 6. The molecule has 2 aromatic heterocycles. The summed E-state index contributed by atoms with van der Waals surface area (Å²) < 4.78 is 31.8. The van der Waals surface area contributed by atoms with Crippen LogP contribution in [0, 0.1) is 13.8 Å². The third kappa shape index (κ3) is 5.23. The van der Waals surface area contributed by atoms with Crippen LogP contribution in [0.25, 0.3) is 16.7 Å². The first-order valence-corrected chi connectivity index (χ1v) is 11.5. The minimum atomic E-state index is -3.41. The predicted octanol–water partition coefficient (Wildman–Crippen LogP) is 4.53. The first-order chi connectivity index (χ1) is 13.7. The van der Waals surface area contributed by atoms with Crippen molar-refractivity contribution in [3.8, 4) is 0 Å². The molecular formula is C22H29N3O3S. The Kier molecular flexibility index (Phi) is 7.19. The predicted molar refractivity (Wildman–Crippen MR) is 118 cm³/mol. The molecule has 29 heavy (non-hydrogen) atoms. The van der Waals surface area contributed by atoms with Crippen molar-refractivity contribution < 1.29 is 13.2 Å². The van der Waals surface area contributed by atoms with Crippen LogP contribution in [0.15, 0.2) is 42.1 Å². The quantitative estimate of drug-likeness (QED) is 0.553. The van der Waals surface area contributed by atoms with Gasteiger partial charge in [0, 0.05) is 24.0 Å². The summed E-state index contributed by atoms with van der Waals surface area (Å²) in [6.45, 7) is 14.6. The highest BCUT2D eigenvalue weighted by Crippen LogP contribution is 2.25. The number of hydrogen-bond donors (Lipinski definition) is 0. The molecule has 0 unspecified atom stereocenters. The van der Waals surface area contributed by atoms with Gasteiger partial charge < -0.3 is 4.74 Å². The number of aromatic nitrogens is 3. The minimum absolute atomic E-state index is 0.234. The van der Waals surface area contributed by atoms with Gasteiger partial charge in [-0.3, -0.25) is 9.67 Å². The smallest absolute Gasteiger partial charge is 0.177 e. The number of nitrogens with zero attached hydrogens (tertiary/aromatic N) is 3. The van der Waals surface area contributed by atoms with Crippen molar-refractivity contribution in [1.29, 1.82) is 0 Å². The Bertz CT molecular complexity index is 1130. The van der Waals surface area contributed by atoms with E-state index < -0.39 is 9.84 Å². The van der Waals surface area contributed by atoms with Crippen molar-refractivity contribution >= 4 is 26.5 Å². The molecule has 3 aromatic rings. The molecule has 0 saturated carbocycles. The molecule has 156 valence electrons. The van der Waals surface area contributed by atoms with Gasteiger partial charge in [0.1, 0.15) is 5.76 Å². The van der Waals surface area contributed by atoms with Crippen molar-refractivity contribution in [1.82, 2.24) is 14.8 Å². The normalized spacial score (nSPS) is 11.1. The molecule has 0 bridgehead atoms. The van der Waals surface area contributed by atoms with E-state index in [1.165, 1.54) is 6.26 Å². The van der Waals surface area contributed by atoms with E-state index in [0.717, 1.165) is 27.8 Å². The van der Waals surface area contributed by atoms with Crippen LogP contribution in [0.3, 0.4) is 0 Å². The van der Waals surface area contributed by atoms with Gasteiger partial charge in [0.25, 0.3) is 0 Å². The Balaban J connectivity index is 0.00000145. The van der Waals surface area contributed by atoms with Gasteiger partial charge in [-0.25, -0.2) is 8.42 Å². The van der Waals surface area contributed by atoms with Crippen LogP contribution in [-0.2, 0) is 21.1 Å². The molecule has 2 heterocycles.